The molecule has 0 amide bonds. The van der Waals surface area contributed by atoms with Gasteiger partial charge in [0.05, 0.1) is 25.0 Å². The second kappa shape index (κ2) is 14.6. The molecule has 3 aromatic carbocycles. The number of nitrogens with zero attached hydrogens (tertiary/aromatic N) is 1. The second-order valence-electron chi connectivity index (χ2n) is 13.8. The van der Waals surface area contributed by atoms with Crippen molar-refractivity contribution in [3.05, 3.63) is 112 Å². The van der Waals surface area contributed by atoms with E-state index in [0.29, 0.717) is 31.6 Å². The molecule has 3 aliphatic heterocycles. The van der Waals surface area contributed by atoms with Crippen LogP contribution in [-0.2, 0) is 30.6 Å². The minimum atomic E-state index is -0.526. The summed E-state index contributed by atoms with van der Waals surface area (Å²) in [5.41, 5.74) is 14.3. The van der Waals surface area contributed by atoms with Gasteiger partial charge in [-0.2, -0.15) is 0 Å². The van der Waals surface area contributed by atoms with Crippen LogP contribution in [0.25, 0.3) is 16.6 Å². The number of nitrogens with two attached hydrogens (primary N) is 1. The smallest absolute Gasteiger partial charge is 0.161 e. The molecule has 4 unspecified atom stereocenters. The predicted octanol–water partition coefficient (Wildman–Crippen LogP) is 6.97. The zero-order valence-corrected chi connectivity index (χ0v) is 28.5. The fourth-order valence-electron chi connectivity index (χ4n) is 7.46. The van der Waals surface area contributed by atoms with Gasteiger partial charge in [0, 0.05) is 40.2 Å². The SMILES string of the molecule is CCc1c(Cc2ccccc2)cc2c3cn(cc13)C1=C3COC(CCCC(C)C#CC3=CC(N)N1)CC(O)CCc1ccc(O)c(c1)OC2. The lowest BCUT2D eigenvalue weighted by Crippen LogP contribution is -2.40. The van der Waals surface area contributed by atoms with E-state index in [-0.39, 0.29) is 24.4 Å². The molecule has 0 saturated heterocycles. The molecule has 7 nitrogen and oxygen atoms in total. The quantitative estimate of drug-likeness (QED) is 0.178. The van der Waals surface area contributed by atoms with Crippen LogP contribution in [0, 0.1) is 17.8 Å². The van der Waals surface area contributed by atoms with Gasteiger partial charge < -0.3 is 35.3 Å². The molecular formula is C42H47N3O4. The number of benzene rings is 3. The maximum atomic E-state index is 11.2. The van der Waals surface area contributed by atoms with Gasteiger partial charge in [0.1, 0.15) is 12.4 Å². The lowest BCUT2D eigenvalue weighted by molar-refractivity contribution is 0.0168. The fourth-order valence-corrected chi connectivity index (χ4v) is 7.46. The van der Waals surface area contributed by atoms with E-state index >= 15 is 0 Å². The second-order valence-corrected chi connectivity index (χ2v) is 13.8. The number of aromatic hydroxyl groups is 1. The van der Waals surface area contributed by atoms with E-state index in [0.717, 1.165) is 71.0 Å². The number of nitrogens with one attached hydrogen (secondary N) is 1. The number of aryl methyl sites for hydroxylation is 2. The summed E-state index contributed by atoms with van der Waals surface area (Å²) in [6.45, 7) is 5.02. The van der Waals surface area contributed by atoms with Crippen LogP contribution in [0.15, 0.2) is 84.2 Å². The molecule has 4 heterocycles. The van der Waals surface area contributed by atoms with Gasteiger partial charge in [0.2, 0.25) is 0 Å². The Hall–Kier alpha value is -4.48. The number of phenolic OH excluding ortho intramolecular Hbond substituents is 1. The van der Waals surface area contributed by atoms with E-state index in [1.165, 1.54) is 16.7 Å². The third-order valence-electron chi connectivity index (χ3n) is 10.1. The number of rotatable bonds is 3. The number of fused-ring (bicyclic) bond motifs is 6. The van der Waals surface area contributed by atoms with Crippen LogP contribution in [0.4, 0.5) is 0 Å². The first kappa shape index (κ1) is 33.0. The van der Waals surface area contributed by atoms with Crippen LogP contribution in [0.2, 0.25) is 0 Å². The summed E-state index contributed by atoms with van der Waals surface area (Å²) < 4.78 is 15.2. The van der Waals surface area contributed by atoms with E-state index in [1.807, 2.05) is 24.3 Å². The monoisotopic (exact) mass is 657 g/mol. The number of aromatic nitrogens is 1. The summed E-state index contributed by atoms with van der Waals surface area (Å²) in [7, 11) is 0. The van der Waals surface area contributed by atoms with Crippen molar-refractivity contribution in [2.75, 3.05) is 6.61 Å². The van der Waals surface area contributed by atoms with Crippen LogP contribution < -0.4 is 15.8 Å². The standard InChI is InChI=1S/C42H47N3O4/c1-3-35-31(18-28-9-5-4-6-10-28)20-32-25-49-40-19-29(14-17-39(40)47)13-16-33(46)22-34-11-7-8-27(2)12-15-30-21-41(43)44-42(38(30)26-48-34)45-23-36(32)37(35)24-45/h4-6,9-10,14,17,19-21,23-24,27,33-34,41,44,46-47H,3,7-8,11,13,16,18,22,25-26,43H2,1-2H3. The molecule has 254 valence electrons. The number of aliphatic hydroxyl groups excluding tert-OH is 1. The van der Waals surface area contributed by atoms with Gasteiger partial charge in [0.15, 0.2) is 11.5 Å². The Balaban J connectivity index is 1.42. The molecule has 49 heavy (non-hydrogen) atoms. The van der Waals surface area contributed by atoms with Crippen molar-refractivity contribution in [1.82, 2.24) is 9.88 Å². The van der Waals surface area contributed by atoms with Crippen molar-refractivity contribution in [2.24, 2.45) is 11.7 Å². The Morgan fingerprint density at radius 3 is 2.69 bits per heavy atom. The molecule has 0 aliphatic carbocycles. The molecule has 3 aliphatic rings. The molecule has 0 spiro atoms. The van der Waals surface area contributed by atoms with E-state index < -0.39 is 12.3 Å². The normalized spacial score (nSPS) is 23.0. The van der Waals surface area contributed by atoms with Gasteiger partial charge in [-0.05, 0) is 97.4 Å². The van der Waals surface area contributed by atoms with Crippen molar-refractivity contribution >= 4 is 16.6 Å². The van der Waals surface area contributed by atoms with Gasteiger partial charge in [0.25, 0.3) is 0 Å². The van der Waals surface area contributed by atoms with Crippen LogP contribution >= 0.6 is 0 Å². The summed E-state index contributed by atoms with van der Waals surface area (Å²) in [5, 5.41) is 27.8. The van der Waals surface area contributed by atoms with Crippen LogP contribution in [0.1, 0.15) is 73.8 Å². The average Bonchev–Trinajstić information content (AvgIpc) is 3.53. The Kier molecular flexibility index (Phi) is 9.81. The summed E-state index contributed by atoms with van der Waals surface area (Å²) in [6, 6.07) is 18.3. The van der Waals surface area contributed by atoms with Crippen LogP contribution in [0.3, 0.4) is 0 Å². The van der Waals surface area contributed by atoms with E-state index in [9.17, 15) is 10.2 Å². The number of ether oxygens (including phenoxy) is 2. The zero-order chi connectivity index (χ0) is 33.9. The van der Waals surface area contributed by atoms with Crippen LogP contribution in [-0.4, -0.2) is 39.8 Å². The number of aliphatic hydroxyl groups is 1. The minimum absolute atomic E-state index is 0.103. The van der Waals surface area contributed by atoms with E-state index in [2.05, 4.69) is 78.3 Å². The summed E-state index contributed by atoms with van der Waals surface area (Å²) >= 11 is 0. The van der Waals surface area contributed by atoms with Gasteiger partial charge >= 0.3 is 0 Å². The first-order valence-corrected chi connectivity index (χ1v) is 17.8. The summed E-state index contributed by atoms with van der Waals surface area (Å²) in [5.74, 6) is 8.59. The maximum Gasteiger partial charge on any atom is 0.161 e. The van der Waals surface area contributed by atoms with Crippen LogP contribution in [0.5, 0.6) is 11.5 Å². The first-order valence-electron chi connectivity index (χ1n) is 17.8. The molecule has 7 rings (SSSR count). The first-order chi connectivity index (χ1) is 23.8. The Morgan fingerprint density at radius 2 is 1.86 bits per heavy atom. The van der Waals surface area contributed by atoms with Crippen molar-refractivity contribution in [1.29, 1.82) is 0 Å². The topological polar surface area (TPSA) is 102 Å². The van der Waals surface area contributed by atoms with Gasteiger partial charge in [-0.1, -0.05) is 68.2 Å². The fraction of sp³-hybridized carbons (Fsp3) is 0.381. The molecule has 4 aromatic rings. The molecule has 1 aromatic heterocycles. The Bertz CT molecular complexity index is 1950. The lowest BCUT2D eigenvalue weighted by Gasteiger charge is -2.28. The van der Waals surface area contributed by atoms with Gasteiger partial charge in [-0.3, -0.25) is 0 Å². The van der Waals surface area contributed by atoms with E-state index in [1.54, 1.807) is 6.07 Å². The Labute approximate surface area is 289 Å². The number of hydrogen-bond acceptors (Lipinski definition) is 6. The molecule has 4 atom stereocenters. The molecule has 6 bridgehead atoms. The number of dihydropyridines is 1. The highest BCUT2D eigenvalue weighted by Gasteiger charge is 2.25. The molecule has 0 radical (unpaired) electrons. The maximum absolute atomic E-state index is 11.2. The zero-order valence-electron chi connectivity index (χ0n) is 28.5. The molecule has 5 N–H and O–H groups in total. The highest BCUT2D eigenvalue weighted by atomic mass is 16.5. The van der Waals surface area contributed by atoms with Crippen molar-refractivity contribution in [3.63, 3.8) is 0 Å². The van der Waals surface area contributed by atoms with Gasteiger partial charge in [-0.15, -0.1) is 0 Å². The third-order valence-corrected chi connectivity index (χ3v) is 10.1. The number of phenols is 1. The highest BCUT2D eigenvalue weighted by molar-refractivity contribution is 5.91. The molecular weight excluding hydrogens is 610 g/mol. The van der Waals surface area contributed by atoms with Crippen molar-refractivity contribution in [2.45, 2.75) is 90.2 Å². The minimum Gasteiger partial charge on any atom is -0.504 e. The Morgan fingerprint density at radius 1 is 1.02 bits per heavy atom. The largest absolute Gasteiger partial charge is 0.504 e. The summed E-state index contributed by atoms with van der Waals surface area (Å²) in [6.07, 6.45) is 11.6. The third kappa shape index (κ3) is 7.43. The highest BCUT2D eigenvalue weighted by Crippen LogP contribution is 2.35. The summed E-state index contributed by atoms with van der Waals surface area (Å²) in [4.78, 5) is 0. The average molecular weight is 658 g/mol. The van der Waals surface area contributed by atoms with Crippen molar-refractivity contribution < 1.29 is 19.7 Å². The molecule has 0 saturated carbocycles. The van der Waals surface area contributed by atoms with Crippen molar-refractivity contribution in [3.8, 4) is 23.3 Å². The molecule has 7 heteroatoms. The lowest BCUT2D eigenvalue weighted by atomic mass is 9.92. The predicted molar refractivity (Wildman–Crippen MR) is 195 cm³/mol. The van der Waals surface area contributed by atoms with Gasteiger partial charge in [-0.25, -0.2) is 0 Å². The molecule has 0 fully saturated rings. The number of hydrogen-bond donors (Lipinski definition) is 4. The van der Waals surface area contributed by atoms with E-state index in [4.69, 9.17) is 15.2 Å².